The van der Waals surface area contributed by atoms with Crippen molar-refractivity contribution in [2.75, 3.05) is 33.1 Å². The van der Waals surface area contributed by atoms with Crippen LogP contribution in [-0.2, 0) is 11.8 Å². The minimum absolute atomic E-state index is 0.195. The van der Waals surface area contributed by atoms with Crippen molar-refractivity contribution in [3.8, 4) is 28.3 Å². The first-order chi connectivity index (χ1) is 15.0. The highest BCUT2D eigenvalue weighted by molar-refractivity contribution is 5.98. The van der Waals surface area contributed by atoms with E-state index < -0.39 is 0 Å². The van der Waals surface area contributed by atoms with Crippen LogP contribution in [0.3, 0.4) is 0 Å². The minimum atomic E-state index is -0.195. The first-order valence-corrected chi connectivity index (χ1v) is 9.70. The maximum absolute atomic E-state index is 12.3. The van der Waals surface area contributed by atoms with Gasteiger partial charge in [0.2, 0.25) is 5.91 Å². The standard InChI is InChI=1S/C22H23N7O2/c1-28(2)12-18(30)25-22-17(31-4)10-16-21(26-22)20(24-13-23-16)15-11-29(3)27-19(15)14-8-6-5-7-9-14/h5-11,13H,12H2,1-4H3,(H,25,26,30). The number of rotatable bonds is 6. The van der Waals surface area contributed by atoms with Crippen molar-refractivity contribution in [3.05, 3.63) is 48.9 Å². The van der Waals surface area contributed by atoms with E-state index in [0.717, 1.165) is 16.8 Å². The number of methoxy groups -OCH3 is 1. The number of hydrogen-bond acceptors (Lipinski definition) is 7. The molecule has 0 bridgehead atoms. The molecular formula is C22H23N7O2. The predicted molar refractivity (Wildman–Crippen MR) is 119 cm³/mol. The highest BCUT2D eigenvalue weighted by Crippen LogP contribution is 2.35. The number of carbonyl (C=O) groups excluding carboxylic acids is 1. The monoisotopic (exact) mass is 417 g/mol. The summed E-state index contributed by atoms with van der Waals surface area (Å²) < 4.78 is 7.18. The van der Waals surface area contributed by atoms with Gasteiger partial charge < -0.3 is 15.0 Å². The molecule has 0 fully saturated rings. The number of likely N-dealkylation sites (N-methyl/N-ethyl adjacent to an activating group) is 1. The lowest BCUT2D eigenvalue weighted by Crippen LogP contribution is -2.27. The number of hydrogen-bond donors (Lipinski definition) is 1. The van der Waals surface area contributed by atoms with Crippen molar-refractivity contribution in [2.24, 2.45) is 7.05 Å². The van der Waals surface area contributed by atoms with Gasteiger partial charge in [-0.15, -0.1) is 0 Å². The zero-order chi connectivity index (χ0) is 22.0. The quantitative estimate of drug-likeness (QED) is 0.515. The fraction of sp³-hybridized carbons (Fsp3) is 0.227. The maximum Gasteiger partial charge on any atom is 0.239 e. The average Bonchev–Trinajstić information content (AvgIpc) is 3.14. The number of ether oxygens (including phenoxy) is 1. The molecule has 4 rings (SSSR count). The van der Waals surface area contributed by atoms with Crippen LogP contribution < -0.4 is 10.1 Å². The fourth-order valence-electron chi connectivity index (χ4n) is 3.34. The van der Waals surface area contributed by atoms with Crippen LogP contribution in [0.5, 0.6) is 5.75 Å². The molecule has 1 N–H and O–H groups in total. The Kier molecular flexibility index (Phi) is 5.59. The van der Waals surface area contributed by atoms with Crippen molar-refractivity contribution in [1.29, 1.82) is 0 Å². The summed E-state index contributed by atoms with van der Waals surface area (Å²) in [7, 11) is 7.04. The Balaban J connectivity index is 1.87. The molecule has 0 aliphatic heterocycles. The van der Waals surface area contributed by atoms with Gasteiger partial charge in [0.25, 0.3) is 0 Å². The summed E-state index contributed by atoms with van der Waals surface area (Å²) in [6.45, 7) is 0.224. The molecule has 0 spiro atoms. The topological polar surface area (TPSA) is 98.1 Å². The molecule has 0 saturated heterocycles. The second-order valence-corrected chi connectivity index (χ2v) is 7.35. The first kappa shape index (κ1) is 20.4. The zero-order valence-electron chi connectivity index (χ0n) is 17.8. The van der Waals surface area contributed by atoms with Crippen LogP contribution in [0.25, 0.3) is 33.5 Å². The van der Waals surface area contributed by atoms with Crippen molar-refractivity contribution in [2.45, 2.75) is 0 Å². The summed E-state index contributed by atoms with van der Waals surface area (Å²) in [5.74, 6) is 0.557. The smallest absolute Gasteiger partial charge is 0.239 e. The number of pyridine rings is 1. The molecule has 158 valence electrons. The van der Waals surface area contributed by atoms with Crippen LogP contribution in [0.4, 0.5) is 5.82 Å². The van der Waals surface area contributed by atoms with Crippen LogP contribution in [-0.4, -0.2) is 63.3 Å². The summed E-state index contributed by atoms with van der Waals surface area (Å²) in [6.07, 6.45) is 3.39. The molecule has 9 heteroatoms. The molecule has 0 aliphatic rings. The zero-order valence-corrected chi connectivity index (χ0v) is 17.8. The van der Waals surface area contributed by atoms with E-state index in [4.69, 9.17) is 4.74 Å². The number of amides is 1. The number of nitrogens with one attached hydrogen (secondary N) is 1. The number of carbonyl (C=O) groups is 1. The Morgan fingerprint density at radius 2 is 1.94 bits per heavy atom. The second kappa shape index (κ2) is 8.49. The van der Waals surface area contributed by atoms with Gasteiger partial charge in [-0.05, 0) is 14.1 Å². The minimum Gasteiger partial charge on any atom is -0.493 e. The molecule has 31 heavy (non-hydrogen) atoms. The Morgan fingerprint density at radius 1 is 1.16 bits per heavy atom. The molecular weight excluding hydrogens is 394 g/mol. The second-order valence-electron chi connectivity index (χ2n) is 7.35. The van der Waals surface area contributed by atoms with E-state index in [1.807, 2.05) is 57.7 Å². The third-order valence-electron chi connectivity index (χ3n) is 4.64. The number of aryl methyl sites for hydroxylation is 1. The van der Waals surface area contributed by atoms with Gasteiger partial charge in [0, 0.05) is 30.4 Å². The molecule has 4 aromatic rings. The Morgan fingerprint density at radius 3 is 2.65 bits per heavy atom. The van der Waals surface area contributed by atoms with E-state index in [2.05, 4.69) is 25.4 Å². The number of anilines is 1. The van der Waals surface area contributed by atoms with Gasteiger partial charge in [-0.3, -0.25) is 9.48 Å². The van der Waals surface area contributed by atoms with Crippen molar-refractivity contribution in [1.82, 2.24) is 29.6 Å². The van der Waals surface area contributed by atoms with E-state index in [0.29, 0.717) is 28.3 Å². The summed E-state index contributed by atoms with van der Waals surface area (Å²) >= 11 is 0. The van der Waals surface area contributed by atoms with Crippen LogP contribution in [0.2, 0.25) is 0 Å². The number of nitrogens with zero attached hydrogens (tertiary/aromatic N) is 6. The predicted octanol–water partition coefficient (Wildman–Crippen LogP) is 2.60. The fourth-order valence-corrected chi connectivity index (χ4v) is 3.34. The molecule has 0 atom stereocenters. The summed E-state index contributed by atoms with van der Waals surface area (Å²) in [6, 6.07) is 11.6. The Bertz CT molecular complexity index is 1240. The van der Waals surface area contributed by atoms with E-state index >= 15 is 0 Å². The molecule has 3 aromatic heterocycles. The summed E-state index contributed by atoms with van der Waals surface area (Å²) in [5, 5.41) is 7.45. The van der Waals surface area contributed by atoms with Crippen molar-refractivity contribution >= 4 is 22.8 Å². The largest absolute Gasteiger partial charge is 0.493 e. The van der Waals surface area contributed by atoms with E-state index in [1.54, 1.807) is 15.6 Å². The number of fused-ring (bicyclic) bond motifs is 1. The normalized spacial score (nSPS) is 11.1. The van der Waals surface area contributed by atoms with E-state index in [1.165, 1.54) is 13.4 Å². The molecule has 1 aromatic carbocycles. The maximum atomic E-state index is 12.3. The van der Waals surface area contributed by atoms with Crippen LogP contribution >= 0.6 is 0 Å². The Labute approximate surface area is 179 Å². The van der Waals surface area contributed by atoms with Gasteiger partial charge in [0.05, 0.1) is 19.2 Å². The Hall–Kier alpha value is -3.85. The van der Waals surface area contributed by atoms with Gasteiger partial charge in [-0.25, -0.2) is 15.0 Å². The van der Waals surface area contributed by atoms with Crippen LogP contribution in [0, 0.1) is 0 Å². The molecule has 1 amide bonds. The van der Waals surface area contributed by atoms with Crippen molar-refractivity contribution < 1.29 is 9.53 Å². The van der Waals surface area contributed by atoms with E-state index in [-0.39, 0.29) is 12.5 Å². The highest BCUT2D eigenvalue weighted by Gasteiger charge is 2.19. The van der Waals surface area contributed by atoms with E-state index in [9.17, 15) is 4.79 Å². The average molecular weight is 417 g/mol. The molecule has 0 aliphatic carbocycles. The molecule has 9 nitrogen and oxygen atoms in total. The third kappa shape index (κ3) is 4.22. The number of aromatic nitrogens is 5. The lowest BCUT2D eigenvalue weighted by Gasteiger charge is -2.13. The SMILES string of the molecule is COc1cc2ncnc(-c3cn(C)nc3-c3ccccc3)c2nc1NC(=O)CN(C)C. The van der Waals surface area contributed by atoms with Crippen LogP contribution in [0.1, 0.15) is 0 Å². The summed E-state index contributed by atoms with van der Waals surface area (Å²) in [5.41, 5.74) is 4.37. The first-order valence-electron chi connectivity index (χ1n) is 9.70. The molecule has 0 saturated carbocycles. The van der Waals surface area contributed by atoms with Gasteiger partial charge in [0.15, 0.2) is 11.6 Å². The molecule has 3 heterocycles. The molecule has 0 radical (unpaired) electrons. The van der Waals surface area contributed by atoms with Gasteiger partial charge in [0.1, 0.15) is 23.2 Å². The van der Waals surface area contributed by atoms with Gasteiger partial charge >= 0.3 is 0 Å². The van der Waals surface area contributed by atoms with Crippen LogP contribution in [0.15, 0.2) is 48.9 Å². The lowest BCUT2D eigenvalue weighted by atomic mass is 10.0. The third-order valence-corrected chi connectivity index (χ3v) is 4.64. The van der Waals surface area contributed by atoms with Gasteiger partial charge in [-0.1, -0.05) is 30.3 Å². The highest BCUT2D eigenvalue weighted by atomic mass is 16.5. The number of benzene rings is 1. The van der Waals surface area contributed by atoms with Gasteiger partial charge in [-0.2, -0.15) is 5.10 Å². The van der Waals surface area contributed by atoms with Crippen molar-refractivity contribution in [3.63, 3.8) is 0 Å². The lowest BCUT2D eigenvalue weighted by molar-refractivity contribution is -0.116. The molecule has 0 unspecified atom stereocenters. The summed E-state index contributed by atoms with van der Waals surface area (Å²) in [4.78, 5) is 27.6.